The van der Waals surface area contributed by atoms with E-state index in [0.29, 0.717) is 30.4 Å². The van der Waals surface area contributed by atoms with Gasteiger partial charge in [-0.3, -0.25) is 9.48 Å². The second-order valence-corrected chi connectivity index (χ2v) is 9.17. The Kier molecular flexibility index (Phi) is 4.93. The molecule has 3 aromatic heterocycles. The molecule has 0 radical (unpaired) electrons. The molecule has 1 fully saturated rings. The SMILES string of the molecule is COc1cc2c(cc1-c1ccn(C)n1)-c1c(c(C(=O)N(C)C3COC3)nn1-c1ccsc1)CO2. The highest BCUT2D eigenvalue weighted by Crippen LogP contribution is 2.46. The Morgan fingerprint density at radius 3 is 2.74 bits per heavy atom. The summed E-state index contributed by atoms with van der Waals surface area (Å²) < 4.78 is 20.7. The number of aromatic nitrogens is 4. The van der Waals surface area contributed by atoms with Crippen LogP contribution >= 0.6 is 11.3 Å². The van der Waals surface area contributed by atoms with Crippen molar-refractivity contribution in [3.8, 4) is 39.7 Å². The quantitative estimate of drug-likeness (QED) is 0.438. The molecule has 0 bridgehead atoms. The Balaban J connectivity index is 1.55. The number of hydrogen-bond donors (Lipinski definition) is 0. The van der Waals surface area contributed by atoms with Gasteiger partial charge in [-0.15, -0.1) is 0 Å². The molecule has 5 heterocycles. The van der Waals surface area contributed by atoms with Crippen LogP contribution in [0.1, 0.15) is 16.1 Å². The third-order valence-corrected chi connectivity index (χ3v) is 7.01. The van der Waals surface area contributed by atoms with Crippen LogP contribution in [0.3, 0.4) is 0 Å². The van der Waals surface area contributed by atoms with Gasteiger partial charge < -0.3 is 19.1 Å². The Morgan fingerprint density at radius 1 is 1.24 bits per heavy atom. The van der Waals surface area contributed by atoms with E-state index in [2.05, 4.69) is 5.10 Å². The minimum absolute atomic E-state index is 0.0614. The lowest BCUT2D eigenvalue weighted by Gasteiger charge is -2.34. The number of methoxy groups -OCH3 is 1. The minimum Gasteiger partial charge on any atom is -0.496 e. The van der Waals surface area contributed by atoms with Gasteiger partial charge in [0, 0.05) is 48.4 Å². The largest absolute Gasteiger partial charge is 0.496 e. The summed E-state index contributed by atoms with van der Waals surface area (Å²) in [5.41, 5.74) is 5.39. The third-order valence-electron chi connectivity index (χ3n) is 6.34. The lowest BCUT2D eigenvalue weighted by atomic mass is 9.97. The molecule has 174 valence electrons. The number of benzene rings is 1. The number of amides is 1. The molecular weight excluding hydrogens is 454 g/mol. The van der Waals surface area contributed by atoms with Gasteiger partial charge in [0.25, 0.3) is 5.91 Å². The topological polar surface area (TPSA) is 83.6 Å². The van der Waals surface area contributed by atoms with Crippen LogP contribution in [0.2, 0.25) is 0 Å². The van der Waals surface area contributed by atoms with E-state index in [1.54, 1.807) is 35.1 Å². The average molecular weight is 478 g/mol. The van der Waals surface area contributed by atoms with Crippen molar-refractivity contribution in [1.82, 2.24) is 24.5 Å². The normalized spacial score (nSPS) is 14.7. The first-order valence-electron chi connectivity index (χ1n) is 10.9. The molecule has 0 spiro atoms. The van der Waals surface area contributed by atoms with Crippen LogP contribution in [0, 0.1) is 0 Å². The molecule has 0 N–H and O–H groups in total. The number of carbonyl (C=O) groups is 1. The van der Waals surface area contributed by atoms with Crippen molar-refractivity contribution >= 4 is 17.2 Å². The van der Waals surface area contributed by atoms with Crippen LogP contribution in [-0.4, -0.2) is 63.8 Å². The molecule has 1 saturated heterocycles. The van der Waals surface area contributed by atoms with Crippen LogP contribution in [0.15, 0.2) is 41.2 Å². The zero-order valence-electron chi connectivity index (χ0n) is 19.0. The maximum Gasteiger partial charge on any atom is 0.274 e. The minimum atomic E-state index is -0.135. The summed E-state index contributed by atoms with van der Waals surface area (Å²) in [6.07, 6.45) is 1.89. The van der Waals surface area contributed by atoms with Crippen molar-refractivity contribution in [2.75, 3.05) is 27.4 Å². The van der Waals surface area contributed by atoms with Crippen LogP contribution in [0.5, 0.6) is 11.5 Å². The van der Waals surface area contributed by atoms with Crippen molar-refractivity contribution in [3.05, 3.63) is 52.5 Å². The number of nitrogens with zero attached hydrogens (tertiary/aromatic N) is 5. The lowest BCUT2D eigenvalue weighted by Crippen LogP contribution is -2.49. The second-order valence-electron chi connectivity index (χ2n) is 8.39. The van der Waals surface area contributed by atoms with Gasteiger partial charge in [0.2, 0.25) is 0 Å². The summed E-state index contributed by atoms with van der Waals surface area (Å²) in [6.45, 7) is 1.33. The van der Waals surface area contributed by atoms with Crippen LogP contribution in [0.25, 0.3) is 28.2 Å². The molecule has 0 atom stereocenters. The molecule has 9 nitrogen and oxygen atoms in total. The lowest BCUT2D eigenvalue weighted by molar-refractivity contribution is -0.0470. The predicted octanol–water partition coefficient (Wildman–Crippen LogP) is 3.37. The van der Waals surface area contributed by atoms with Crippen molar-refractivity contribution in [2.45, 2.75) is 12.6 Å². The van der Waals surface area contributed by atoms with Crippen molar-refractivity contribution in [1.29, 1.82) is 0 Å². The Hall–Kier alpha value is -3.63. The van der Waals surface area contributed by atoms with E-state index in [9.17, 15) is 4.79 Å². The van der Waals surface area contributed by atoms with Crippen molar-refractivity contribution < 1.29 is 19.0 Å². The molecule has 6 rings (SSSR count). The molecule has 34 heavy (non-hydrogen) atoms. The molecule has 10 heteroatoms. The fraction of sp³-hybridized carbons (Fsp3) is 0.292. The highest BCUT2D eigenvalue weighted by molar-refractivity contribution is 7.08. The molecular formula is C24H23N5O4S. The fourth-order valence-corrected chi connectivity index (χ4v) is 4.94. The number of thiophene rings is 1. The zero-order chi connectivity index (χ0) is 23.4. The van der Waals surface area contributed by atoms with Crippen LogP contribution in [-0.2, 0) is 18.4 Å². The van der Waals surface area contributed by atoms with Gasteiger partial charge in [-0.2, -0.15) is 21.5 Å². The summed E-state index contributed by atoms with van der Waals surface area (Å²) in [7, 11) is 5.31. The van der Waals surface area contributed by atoms with Gasteiger partial charge in [-0.1, -0.05) is 0 Å². The zero-order valence-corrected chi connectivity index (χ0v) is 19.8. The van der Waals surface area contributed by atoms with E-state index in [4.69, 9.17) is 19.3 Å². The first kappa shape index (κ1) is 20.9. The number of hydrogen-bond acceptors (Lipinski definition) is 7. The first-order chi connectivity index (χ1) is 16.5. The molecule has 1 amide bonds. The predicted molar refractivity (Wildman–Crippen MR) is 127 cm³/mol. The maximum absolute atomic E-state index is 13.4. The Morgan fingerprint density at radius 2 is 2.09 bits per heavy atom. The molecule has 2 aliphatic heterocycles. The number of likely N-dealkylation sites (N-methyl/N-ethyl adjacent to an activating group) is 1. The van der Waals surface area contributed by atoms with Gasteiger partial charge in [0.15, 0.2) is 5.69 Å². The van der Waals surface area contributed by atoms with Gasteiger partial charge in [-0.05, 0) is 23.6 Å². The van der Waals surface area contributed by atoms with E-state index in [1.165, 1.54) is 0 Å². The molecule has 4 aromatic rings. The molecule has 1 aromatic carbocycles. The number of carbonyl (C=O) groups excluding carboxylic acids is 1. The van der Waals surface area contributed by atoms with Crippen molar-refractivity contribution in [3.63, 3.8) is 0 Å². The average Bonchev–Trinajstić information content (AvgIpc) is 3.55. The number of fused-ring (bicyclic) bond motifs is 3. The number of aryl methyl sites for hydroxylation is 1. The van der Waals surface area contributed by atoms with Crippen LogP contribution < -0.4 is 9.47 Å². The van der Waals surface area contributed by atoms with Gasteiger partial charge in [-0.25, -0.2) is 4.68 Å². The standard InChI is InChI=1S/C24H23N5O4S/c1-27-6-4-19(25-27)16-8-17-21(9-20(16)31-3)33-12-18-22(24(30)28(2)15-10-32-11-15)26-29(23(17)18)14-5-7-34-13-14/h4-9,13,15H,10-12H2,1-3H3. The number of ether oxygens (including phenoxy) is 3. The monoisotopic (exact) mass is 477 g/mol. The highest BCUT2D eigenvalue weighted by atomic mass is 32.1. The Labute approximate surface area is 200 Å². The maximum atomic E-state index is 13.4. The van der Waals surface area contributed by atoms with Gasteiger partial charge >= 0.3 is 0 Å². The van der Waals surface area contributed by atoms with E-state index >= 15 is 0 Å². The van der Waals surface area contributed by atoms with Gasteiger partial charge in [0.05, 0.1) is 43.4 Å². The summed E-state index contributed by atoms with van der Waals surface area (Å²) >= 11 is 1.58. The van der Waals surface area contributed by atoms with E-state index in [0.717, 1.165) is 33.8 Å². The molecule has 2 aliphatic rings. The van der Waals surface area contributed by atoms with E-state index < -0.39 is 0 Å². The summed E-state index contributed by atoms with van der Waals surface area (Å²) in [4.78, 5) is 15.2. The smallest absolute Gasteiger partial charge is 0.274 e. The second kappa shape index (κ2) is 8.00. The first-order valence-corrected chi connectivity index (χ1v) is 11.8. The summed E-state index contributed by atoms with van der Waals surface area (Å²) in [6, 6.07) is 7.89. The van der Waals surface area contributed by atoms with Gasteiger partial charge in [0.1, 0.15) is 18.1 Å². The van der Waals surface area contributed by atoms with Crippen molar-refractivity contribution in [2.24, 2.45) is 7.05 Å². The number of rotatable bonds is 5. The summed E-state index contributed by atoms with van der Waals surface area (Å²) in [5, 5.41) is 13.4. The van der Waals surface area contributed by atoms with E-state index in [-0.39, 0.29) is 18.6 Å². The summed E-state index contributed by atoms with van der Waals surface area (Å²) in [5.74, 6) is 1.22. The van der Waals surface area contributed by atoms with Crippen LogP contribution in [0.4, 0.5) is 0 Å². The molecule has 0 saturated carbocycles. The highest BCUT2D eigenvalue weighted by Gasteiger charge is 2.35. The fourth-order valence-electron chi connectivity index (χ4n) is 4.32. The molecule has 0 aliphatic carbocycles. The third kappa shape index (κ3) is 3.21. The Bertz CT molecular complexity index is 1390. The van der Waals surface area contributed by atoms with E-state index in [1.807, 2.05) is 53.0 Å². The molecule has 0 unspecified atom stereocenters.